The smallest absolute Gasteiger partial charge is 0.291 e. The highest BCUT2D eigenvalue weighted by Gasteiger charge is 2.11. The van der Waals surface area contributed by atoms with Crippen LogP contribution in [0.4, 0.5) is 0 Å². The Labute approximate surface area is 81.7 Å². The van der Waals surface area contributed by atoms with E-state index in [1.807, 2.05) is 6.92 Å². The Balaban J connectivity index is 2.52. The number of aryl methyl sites for hydroxylation is 1. The molecule has 0 fully saturated rings. The number of amides is 1. The normalized spacial score (nSPS) is 12.5. The van der Waals surface area contributed by atoms with E-state index >= 15 is 0 Å². The summed E-state index contributed by atoms with van der Waals surface area (Å²) in [7, 11) is 0. The molecule has 0 aliphatic carbocycles. The molecule has 1 rings (SSSR count). The molecule has 3 N–H and O–H groups in total. The molecule has 78 valence electrons. The van der Waals surface area contributed by atoms with Gasteiger partial charge in [0, 0.05) is 13.0 Å². The largest absolute Gasteiger partial charge is 0.392 e. The Kier molecular flexibility index (Phi) is 3.58. The number of nitrogens with one attached hydrogen (secondary N) is 2. The van der Waals surface area contributed by atoms with Crippen molar-refractivity contribution in [3.63, 3.8) is 0 Å². The van der Waals surface area contributed by atoms with E-state index in [0.717, 1.165) is 0 Å². The summed E-state index contributed by atoms with van der Waals surface area (Å²) in [4.78, 5) is 15.3. The summed E-state index contributed by atoms with van der Waals surface area (Å²) in [5, 5.41) is 17.8. The lowest BCUT2D eigenvalue weighted by Gasteiger charge is -2.03. The Bertz CT molecular complexity index is 308. The molecule has 0 bridgehead atoms. The van der Waals surface area contributed by atoms with Gasteiger partial charge in [0.1, 0.15) is 5.82 Å². The van der Waals surface area contributed by atoms with Gasteiger partial charge in [0.15, 0.2) is 0 Å². The van der Waals surface area contributed by atoms with E-state index < -0.39 is 6.10 Å². The molecule has 1 heterocycles. The molecule has 0 unspecified atom stereocenters. The predicted molar refractivity (Wildman–Crippen MR) is 49.8 cm³/mol. The summed E-state index contributed by atoms with van der Waals surface area (Å²) in [6, 6.07) is 0. The Hall–Kier alpha value is -1.43. The van der Waals surface area contributed by atoms with Crippen LogP contribution < -0.4 is 5.32 Å². The number of rotatable bonds is 4. The van der Waals surface area contributed by atoms with Gasteiger partial charge in [0.2, 0.25) is 5.82 Å². The minimum absolute atomic E-state index is 0.113. The number of aromatic amines is 1. The van der Waals surface area contributed by atoms with E-state index in [1.165, 1.54) is 0 Å². The van der Waals surface area contributed by atoms with E-state index in [1.54, 1.807) is 6.92 Å². The minimum atomic E-state index is -0.566. The summed E-state index contributed by atoms with van der Waals surface area (Å²) < 4.78 is 0. The number of H-pyrrole nitrogens is 1. The number of aliphatic hydroxyl groups is 1. The molecule has 14 heavy (non-hydrogen) atoms. The quantitative estimate of drug-likeness (QED) is 0.607. The van der Waals surface area contributed by atoms with Crippen LogP contribution in [0.3, 0.4) is 0 Å². The fraction of sp³-hybridized carbons (Fsp3) is 0.625. The van der Waals surface area contributed by atoms with Gasteiger partial charge in [-0.3, -0.25) is 9.89 Å². The zero-order valence-electron chi connectivity index (χ0n) is 8.24. The molecule has 0 saturated heterocycles. The van der Waals surface area contributed by atoms with Gasteiger partial charge in [-0.1, -0.05) is 6.92 Å². The van der Waals surface area contributed by atoms with Gasteiger partial charge in [0.25, 0.3) is 5.91 Å². The molecule has 1 aromatic heterocycles. The zero-order chi connectivity index (χ0) is 10.6. The lowest BCUT2D eigenvalue weighted by molar-refractivity contribution is 0.0914. The Morgan fingerprint density at radius 2 is 2.43 bits per heavy atom. The maximum Gasteiger partial charge on any atom is 0.291 e. The highest BCUT2D eigenvalue weighted by Crippen LogP contribution is 1.93. The van der Waals surface area contributed by atoms with E-state index in [4.69, 9.17) is 5.11 Å². The van der Waals surface area contributed by atoms with Crippen LogP contribution in [0.1, 0.15) is 30.3 Å². The van der Waals surface area contributed by atoms with E-state index in [0.29, 0.717) is 12.2 Å². The molecule has 0 aromatic carbocycles. The van der Waals surface area contributed by atoms with Crippen molar-refractivity contribution in [2.45, 2.75) is 26.4 Å². The fourth-order valence-electron chi connectivity index (χ4n) is 0.874. The highest BCUT2D eigenvalue weighted by atomic mass is 16.3. The van der Waals surface area contributed by atoms with E-state index in [-0.39, 0.29) is 18.3 Å². The van der Waals surface area contributed by atoms with Crippen molar-refractivity contribution in [2.75, 3.05) is 6.54 Å². The minimum Gasteiger partial charge on any atom is -0.392 e. The summed E-state index contributed by atoms with van der Waals surface area (Å²) in [5.74, 6) is 0.413. The van der Waals surface area contributed by atoms with Gasteiger partial charge in [-0.25, -0.2) is 4.98 Å². The monoisotopic (exact) mass is 198 g/mol. The first-order valence-corrected chi connectivity index (χ1v) is 4.51. The molecule has 1 aromatic rings. The topological polar surface area (TPSA) is 90.9 Å². The molecule has 6 heteroatoms. The fourth-order valence-corrected chi connectivity index (χ4v) is 0.874. The summed E-state index contributed by atoms with van der Waals surface area (Å²) >= 11 is 0. The maximum absolute atomic E-state index is 11.3. The number of hydrogen-bond acceptors (Lipinski definition) is 4. The van der Waals surface area contributed by atoms with Gasteiger partial charge < -0.3 is 10.4 Å². The molecule has 0 aliphatic heterocycles. The summed E-state index contributed by atoms with van der Waals surface area (Å²) in [6.07, 6.45) is 0.139. The average Bonchev–Trinajstić information content (AvgIpc) is 2.62. The van der Waals surface area contributed by atoms with Crippen LogP contribution in [-0.4, -0.2) is 38.8 Å². The molecule has 0 aliphatic rings. The molecule has 0 saturated carbocycles. The molecular weight excluding hydrogens is 184 g/mol. The SMILES string of the molecule is CCc1nc(C(=O)NC[C@@H](C)O)n[nH]1. The number of aliphatic hydroxyl groups excluding tert-OH is 1. The number of aromatic nitrogens is 3. The Morgan fingerprint density at radius 1 is 1.71 bits per heavy atom. The first kappa shape index (κ1) is 10.6. The first-order valence-electron chi connectivity index (χ1n) is 4.51. The van der Waals surface area contributed by atoms with Crippen molar-refractivity contribution < 1.29 is 9.90 Å². The second-order valence-electron chi connectivity index (χ2n) is 3.02. The van der Waals surface area contributed by atoms with Crippen LogP contribution in [0.5, 0.6) is 0 Å². The zero-order valence-corrected chi connectivity index (χ0v) is 8.24. The van der Waals surface area contributed by atoms with Crippen molar-refractivity contribution >= 4 is 5.91 Å². The molecule has 1 amide bonds. The van der Waals surface area contributed by atoms with Gasteiger partial charge in [-0.15, -0.1) is 5.10 Å². The summed E-state index contributed by atoms with van der Waals surface area (Å²) in [5.41, 5.74) is 0. The third kappa shape index (κ3) is 2.81. The van der Waals surface area contributed by atoms with Crippen molar-refractivity contribution in [3.8, 4) is 0 Å². The summed E-state index contributed by atoms with van der Waals surface area (Å²) in [6.45, 7) is 3.71. The number of hydrogen-bond donors (Lipinski definition) is 3. The van der Waals surface area contributed by atoms with E-state index in [2.05, 4.69) is 20.5 Å². The van der Waals surface area contributed by atoms with Crippen LogP contribution in [0, 0.1) is 0 Å². The van der Waals surface area contributed by atoms with Crippen LogP contribution in [0.15, 0.2) is 0 Å². The lowest BCUT2D eigenvalue weighted by atomic mass is 10.4. The number of nitrogens with zero attached hydrogens (tertiary/aromatic N) is 2. The number of carbonyl (C=O) groups excluding carboxylic acids is 1. The van der Waals surface area contributed by atoms with Crippen molar-refractivity contribution in [2.24, 2.45) is 0 Å². The van der Waals surface area contributed by atoms with Crippen LogP contribution >= 0.6 is 0 Å². The van der Waals surface area contributed by atoms with Crippen LogP contribution in [-0.2, 0) is 6.42 Å². The van der Waals surface area contributed by atoms with Crippen molar-refractivity contribution in [1.29, 1.82) is 0 Å². The third-order valence-electron chi connectivity index (χ3n) is 1.63. The first-order chi connectivity index (χ1) is 6.63. The molecule has 6 nitrogen and oxygen atoms in total. The van der Waals surface area contributed by atoms with Crippen LogP contribution in [0.2, 0.25) is 0 Å². The second-order valence-corrected chi connectivity index (χ2v) is 3.02. The van der Waals surface area contributed by atoms with Gasteiger partial charge in [-0.05, 0) is 6.92 Å². The molecule has 0 spiro atoms. The van der Waals surface area contributed by atoms with Crippen molar-refractivity contribution in [1.82, 2.24) is 20.5 Å². The third-order valence-corrected chi connectivity index (χ3v) is 1.63. The second kappa shape index (κ2) is 4.71. The Morgan fingerprint density at radius 3 is 2.93 bits per heavy atom. The predicted octanol–water partition coefficient (Wildman–Crippen LogP) is -0.522. The van der Waals surface area contributed by atoms with Crippen LogP contribution in [0.25, 0.3) is 0 Å². The lowest BCUT2D eigenvalue weighted by Crippen LogP contribution is -2.31. The highest BCUT2D eigenvalue weighted by molar-refractivity contribution is 5.90. The molecule has 1 atom stereocenters. The standard InChI is InChI=1S/C8H14N4O2/c1-3-6-10-7(12-11-6)8(14)9-4-5(2)13/h5,13H,3-4H2,1-2H3,(H,9,14)(H,10,11,12)/t5-/m1/s1. The van der Waals surface area contributed by atoms with Gasteiger partial charge in [-0.2, -0.15) is 0 Å². The molecular formula is C8H14N4O2. The van der Waals surface area contributed by atoms with E-state index in [9.17, 15) is 4.79 Å². The molecule has 0 radical (unpaired) electrons. The van der Waals surface area contributed by atoms with Gasteiger partial charge >= 0.3 is 0 Å². The van der Waals surface area contributed by atoms with Crippen molar-refractivity contribution in [3.05, 3.63) is 11.6 Å². The average molecular weight is 198 g/mol. The number of carbonyl (C=O) groups is 1. The maximum atomic E-state index is 11.3. The van der Waals surface area contributed by atoms with Gasteiger partial charge in [0.05, 0.1) is 6.10 Å².